The van der Waals surface area contributed by atoms with Crippen molar-refractivity contribution in [1.82, 2.24) is 0 Å². The standard InChI is InChI=1S/C13H14F4O/c14-9-4-5-11(13(15,16)17)10(7-9)12(18)6-3-8-1-2-8/h4-5,7-8,12,18H,1-3,6H2. The van der Waals surface area contributed by atoms with E-state index in [1.165, 1.54) is 0 Å². The molecule has 18 heavy (non-hydrogen) atoms. The van der Waals surface area contributed by atoms with Crippen LogP contribution in [-0.2, 0) is 6.18 Å². The summed E-state index contributed by atoms with van der Waals surface area (Å²) in [7, 11) is 0. The van der Waals surface area contributed by atoms with E-state index in [4.69, 9.17) is 0 Å². The number of rotatable bonds is 4. The van der Waals surface area contributed by atoms with Crippen molar-refractivity contribution in [1.29, 1.82) is 0 Å². The van der Waals surface area contributed by atoms with Crippen LogP contribution < -0.4 is 0 Å². The van der Waals surface area contributed by atoms with Gasteiger partial charge in [0.15, 0.2) is 0 Å². The zero-order valence-corrected chi connectivity index (χ0v) is 9.67. The summed E-state index contributed by atoms with van der Waals surface area (Å²) in [5.74, 6) is -0.244. The van der Waals surface area contributed by atoms with Gasteiger partial charge in [-0.1, -0.05) is 12.8 Å². The molecule has 1 N–H and O–H groups in total. The molecule has 1 unspecified atom stereocenters. The number of hydrogen-bond acceptors (Lipinski definition) is 1. The molecule has 1 aromatic carbocycles. The van der Waals surface area contributed by atoms with E-state index in [1.807, 2.05) is 0 Å². The zero-order chi connectivity index (χ0) is 13.3. The summed E-state index contributed by atoms with van der Waals surface area (Å²) in [4.78, 5) is 0. The van der Waals surface area contributed by atoms with Crippen LogP contribution in [0.2, 0.25) is 0 Å². The van der Waals surface area contributed by atoms with Gasteiger partial charge in [-0.3, -0.25) is 0 Å². The quantitative estimate of drug-likeness (QED) is 0.811. The second-order valence-corrected chi connectivity index (χ2v) is 4.77. The fourth-order valence-electron chi connectivity index (χ4n) is 2.02. The Balaban J connectivity index is 2.19. The highest BCUT2D eigenvalue weighted by Crippen LogP contribution is 2.39. The first-order chi connectivity index (χ1) is 8.38. The highest BCUT2D eigenvalue weighted by atomic mass is 19.4. The fourth-order valence-corrected chi connectivity index (χ4v) is 2.02. The summed E-state index contributed by atoms with van der Waals surface area (Å²) in [5.41, 5.74) is -1.31. The van der Waals surface area contributed by atoms with Gasteiger partial charge in [0.25, 0.3) is 0 Å². The lowest BCUT2D eigenvalue weighted by molar-refractivity contribution is -0.139. The first kappa shape index (κ1) is 13.3. The number of aliphatic hydroxyl groups excluding tert-OH is 1. The summed E-state index contributed by atoms with van der Waals surface area (Å²) in [6.45, 7) is 0. The van der Waals surface area contributed by atoms with Crippen LogP contribution in [0.15, 0.2) is 18.2 Å². The zero-order valence-electron chi connectivity index (χ0n) is 9.67. The Labute approximate surface area is 102 Å². The SMILES string of the molecule is OC(CCC1CC1)c1cc(F)ccc1C(F)(F)F. The number of hydrogen-bond donors (Lipinski definition) is 1. The molecule has 1 saturated carbocycles. The monoisotopic (exact) mass is 262 g/mol. The summed E-state index contributed by atoms with van der Waals surface area (Å²) in [6.07, 6.45) is -2.74. The van der Waals surface area contributed by atoms with Gasteiger partial charge in [0.05, 0.1) is 11.7 Å². The van der Waals surface area contributed by atoms with Crippen molar-refractivity contribution in [2.45, 2.75) is 38.0 Å². The Morgan fingerprint density at radius 3 is 2.50 bits per heavy atom. The molecule has 5 heteroatoms. The van der Waals surface area contributed by atoms with Gasteiger partial charge >= 0.3 is 6.18 Å². The molecule has 0 heterocycles. The van der Waals surface area contributed by atoms with Crippen LogP contribution in [0.3, 0.4) is 0 Å². The molecule has 0 aliphatic heterocycles. The van der Waals surface area contributed by atoms with E-state index >= 15 is 0 Å². The maximum absolute atomic E-state index is 13.0. The minimum absolute atomic E-state index is 0.247. The van der Waals surface area contributed by atoms with E-state index in [9.17, 15) is 22.7 Å². The van der Waals surface area contributed by atoms with Crippen molar-refractivity contribution >= 4 is 0 Å². The van der Waals surface area contributed by atoms with Crippen molar-refractivity contribution in [3.63, 3.8) is 0 Å². The average molecular weight is 262 g/mol. The number of halogens is 4. The van der Waals surface area contributed by atoms with E-state index in [-0.39, 0.29) is 12.0 Å². The van der Waals surface area contributed by atoms with Gasteiger partial charge < -0.3 is 5.11 Å². The number of aliphatic hydroxyl groups is 1. The van der Waals surface area contributed by atoms with Gasteiger partial charge in [-0.15, -0.1) is 0 Å². The largest absolute Gasteiger partial charge is 0.416 e. The van der Waals surface area contributed by atoms with Crippen LogP contribution in [0.25, 0.3) is 0 Å². The maximum atomic E-state index is 13.0. The Morgan fingerprint density at radius 2 is 1.94 bits per heavy atom. The first-order valence-corrected chi connectivity index (χ1v) is 5.92. The van der Waals surface area contributed by atoms with Gasteiger partial charge in [0, 0.05) is 0 Å². The molecule has 2 rings (SSSR count). The van der Waals surface area contributed by atoms with Gasteiger partial charge in [0.1, 0.15) is 5.82 Å². The molecule has 1 nitrogen and oxygen atoms in total. The summed E-state index contributed by atoms with van der Waals surface area (Å²) < 4.78 is 51.2. The average Bonchev–Trinajstić information content (AvgIpc) is 3.07. The van der Waals surface area contributed by atoms with Crippen molar-refractivity contribution in [2.24, 2.45) is 5.92 Å². The van der Waals surface area contributed by atoms with Crippen molar-refractivity contribution in [3.05, 3.63) is 35.1 Å². The number of alkyl halides is 3. The highest BCUT2D eigenvalue weighted by molar-refractivity contribution is 5.32. The molecule has 1 atom stereocenters. The molecule has 1 aromatic rings. The van der Waals surface area contributed by atoms with E-state index in [0.29, 0.717) is 18.4 Å². The second-order valence-electron chi connectivity index (χ2n) is 4.77. The molecule has 0 amide bonds. The lowest BCUT2D eigenvalue weighted by Gasteiger charge is -2.17. The Morgan fingerprint density at radius 1 is 1.28 bits per heavy atom. The minimum atomic E-state index is -4.57. The van der Waals surface area contributed by atoms with Crippen LogP contribution in [0.1, 0.15) is 42.9 Å². The molecular weight excluding hydrogens is 248 g/mol. The predicted molar refractivity (Wildman–Crippen MR) is 58.3 cm³/mol. The van der Waals surface area contributed by atoms with Crippen molar-refractivity contribution in [2.75, 3.05) is 0 Å². The van der Waals surface area contributed by atoms with Crippen LogP contribution in [0, 0.1) is 11.7 Å². The normalized spacial score (nSPS) is 17.8. The van der Waals surface area contributed by atoms with Gasteiger partial charge in [0.2, 0.25) is 0 Å². The van der Waals surface area contributed by atoms with Crippen molar-refractivity contribution in [3.8, 4) is 0 Å². The fraction of sp³-hybridized carbons (Fsp3) is 0.538. The lowest BCUT2D eigenvalue weighted by atomic mass is 9.97. The third-order valence-corrected chi connectivity index (χ3v) is 3.22. The third-order valence-electron chi connectivity index (χ3n) is 3.22. The van der Waals surface area contributed by atoms with Gasteiger partial charge in [-0.05, 0) is 42.5 Å². The maximum Gasteiger partial charge on any atom is 0.416 e. The van der Waals surface area contributed by atoms with Crippen LogP contribution in [0.5, 0.6) is 0 Å². The topological polar surface area (TPSA) is 20.2 Å². The molecule has 1 aliphatic rings. The minimum Gasteiger partial charge on any atom is -0.388 e. The molecule has 0 saturated heterocycles. The van der Waals surface area contributed by atoms with Crippen molar-refractivity contribution < 1.29 is 22.7 Å². The molecule has 100 valence electrons. The molecule has 0 spiro atoms. The molecular formula is C13H14F4O. The number of benzene rings is 1. The van der Waals surface area contributed by atoms with Gasteiger partial charge in [-0.2, -0.15) is 13.2 Å². The van der Waals surface area contributed by atoms with Crippen LogP contribution in [0.4, 0.5) is 17.6 Å². The second kappa shape index (κ2) is 4.88. The molecule has 1 aliphatic carbocycles. The summed E-state index contributed by atoms with van der Waals surface area (Å²) in [6, 6.07) is 2.23. The molecule has 0 radical (unpaired) electrons. The lowest BCUT2D eigenvalue weighted by Crippen LogP contribution is -2.12. The Bertz CT molecular complexity index is 423. The van der Waals surface area contributed by atoms with E-state index < -0.39 is 23.7 Å². The van der Waals surface area contributed by atoms with Crippen LogP contribution in [-0.4, -0.2) is 5.11 Å². The third kappa shape index (κ3) is 3.22. The summed E-state index contributed by atoms with van der Waals surface area (Å²) >= 11 is 0. The predicted octanol–water partition coefficient (Wildman–Crippen LogP) is 4.07. The Kier molecular flexibility index (Phi) is 3.61. The molecule has 1 fully saturated rings. The van der Waals surface area contributed by atoms with E-state index in [1.54, 1.807) is 0 Å². The highest BCUT2D eigenvalue weighted by Gasteiger charge is 2.35. The van der Waals surface area contributed by atoms with Gasteiger partial charge in [-0.25, -0.2) is 4.39 Å². The van der Waals surface area contributed by atoms with E-state index in [2.05, 4.69) is 0 Å². The first-order valence-electron chi connectivity index (χ1n) is 5.92. The van der Waals surface area contributed by atoms with E-state index in [0.717, 1.165) is 25.0 Å². The van der Waals surface area contributed by atoms with Crippen LogP contribution >= 0.6 is 0 Å². The Hall–Kier alpha value is -1.10. The molecule has 0 bridgehead atoms. The smallest absolute Gasteiger partial charge is 0.388 e. The molecule has 0 aromatic heterocycles. The summed E-state index contributed by atoms with van der Waals surface area (Å²) in [5, 5.41) is 9.80.